The normalized spacial score (nSPS) is 16.2. The van der Waals surface area contributed by atoms with Gasteiger partial charge in [-0.2, -0.15) is 4.37 Å². The molecule has 24 heavy (non-hydrogen) atoms. The molecule has 1 fully saturated rings. The zero-order valence-electron chi connectivity index (χ0n) is 14.0. The Hall–Kier alpha value is -2.08. The lowest BCUT2D eigenvalue weighted by Gasteiger charge is -2.37. The fourth-order valence-corrected chi connectivity index (χ4v) is 4.54. The predicted molar refractivity (Wildman–Crippen MR) is 94.6 cm³/mol. The van der Waals surface area contributed by atoms with Crippen molar-refractivity contribution in [1.29, 1.82) is 0 Å². The highest BCUT2D eigenvalue weighted by Crippen LogP contribution is 2.41. The van der Waals surface area contributed by atoms with Crippen LogP contribution in [0.3, 0.4) is 0 Å². The minimum atomic E-state index is -0.871. The number of hydrogen-bond acceptors (Lipinski definition) is 4. The van der Waals surface area contributed by atoms with Crippen molar-refractivity contribution in [3.8, 4) is 16.2 Å². The summed E-state index contributed by atoms with van der Waals surface area (Å²) in [6, 6.07) is 7.10. The Balaban J connectivity index is 1.99. The number of phenolic OH excluding ortho intramolecular Hbond substituents is 1. The SMILES string of the molecule is Cc1nsc(-c2ccc(O)cc2)c1CC1(N(C)C(=O)O)CCCC1. The van der Waals surface area contributed by atoms with Crippen molar-refractivity contribution in [2.75, 3.05) is 7.05 Å². The van der Waals surface area contributed by atoms with Crippen LogP contribution in [0.5, 0.6) is 5.75 Å². The van der Waals surface area contributed by atoms with Crippen LogP contribution in [0, 0.1) is 6.92 Å². The number of aromatic hydroxyl groups is 1. The van der Waals surface area contributed by atoms with Gasteiger partial charge in [-0.3, -0.25) is 0 Å². The highest BCUT2D eigenvalue weighted by atomic mass is 32.1. The number of aryl methyl sites for hydroxylation is 1. The van der Waals surface area contributed by atoms with E-state index in [0.29, 0.717) is 6.42 Å². The number of hydrogen-bond donors (Lipinski definition) is 2. The Morgan fingerprint density at radius 3 is 2.50 bits per heavy atom. The molecular weight excluding hydrogens is 324 g/mol. The zero-order valence-corrected chi connectivity index (χ0v) is 14.8. The van der Waals surface area contributed by atoms with E-state index in [1.807, 2.05) is 19.1 Å². The molecule has 0 spiro atoms. The largest absolute Gasteiger partial charge is 0.508 e. The monoisotopic (exact) mass is 346 g/mol. The number of nitrogens with zero attached hydrogens (tertiary/aromatic N) is 2. The number of aromatic nitrogens is 1. The number of amides is 1. The summed E-state index contributed by atoms with van der Waals surface area (Å²) in [6.45, 7) is 1.99. The van der Waals surface area contributed by atoms with Gasteiger partial charge in [-0.05, 0) is 73.1 Å². The molecule has 2 N–H and O–H groups in total. The quantitative estimate of drug-likeness (QED) is 0.866. The summed E-state index contributed by atoms with van der Waals surface area (Å²) in [4.78, 5) is 14.1. The minimum Gasteiger partial charge on any atom is -0.508 e. The van der Waals surface area contributed by atoms with Gasteiger partial charge in [0, 0.05) is 7.05 Å². The van der Waals surface area contributed by atoms with Crippen LogP contribution in [-0.4, -0.2) is 38.2 Å². The third-order valence-corrected chi connectivity index (χ3v) is 6.18. The first-order chi connectivity index (χ1) is 11.4. The van der Waals surface area contributed by atoms with Gasteiger partial charge >= 0.3 is 6.09 Å². The second-order valence-corrected chi connectivity index (χ2v) is 7.35. The van der Waals surface area contributed by atoms with Crippen molar-refractivity contribution >= 4 is 17.6 Å². The van der Waals surface area contributed by atoms with Crippen LogP contribution < -0.4 is 0 Å². The van der Waals surface area contributed by atoms with Crippen LogP contribution in [0.2, 0.25) is 0 Å². The van der Waals surface area contributed by atoms with Crippen LogP contribution in [0.15, 0.2) is 24.3 Å². The van der Waals surface area contributed by atoms with Crippen LogP contribution >= 0.6 is 11.5 Å². The topological polar surface area (TPSA) is 73.7 Å². The number of rotatable bonds is 4. The van der Waals surface area contributed by atoms with E-state index < -0.39 is 6.09 Å². The molecular formula is C18H22N2O3S. The van der Waals surface area contributed by atoms with E-state index in [9.17, 15) is 15.0 Å². The van der Waals surface area contributed by atoms with Gasteiger partial charge in [0.2, 0.25) is 0 Å². The third kappa shape index (κ3) is 2.98. The lowest BCUT2D eigenvalue weighted by molar-refractivity contribution is 0.0952. The molecule has 1 aromatic heterocycles. The highest BCUT2D eigenvalue weighted by molar-refractivity contribution is 7.09. The summed E-state index contributed by atoms with van der Waals surface area (Å²) >= 11 is 1.44. The Labute approximate surface area is 145 Å². The van der Waals surface area contributed by atoms with Gasteiger partial charge in [-0.15, -0.1) is 0 Å². The average molecular weight is 346 g/mol. The van der Waals surface area contributed by atoms with E-state index in [4.69, 9.17) is 0 Å². The van der Waals surface area contributed by atoms with Gasteiger partial charge in [0.1, 0.15) is 5.75 Å². The summed E-state index contributed by atoms with van der Waals surface area (Å²) in [7, 11) is 1.68. The first-order valence-electron chi connectivity index (χ1n) is 8.14. The fraction of sp³-hybridized carbons (Fsp3) is 0.444. The Bertz CT molecular complexity index is 733. The van der Waals surface area contributed by atoms with Crippen LogP contribution in [0.25, 0.3) is 10.4 Å². The number of carbonyl (C=O) groups is 1. The second-order valence-electron chi connectivity index (χ2n) is 6.57. The van der Waals surface area contributed by atoms with Gasteiger partial charge in [0.15, 0.2) is 0 Å². The molecule has 1 saturated carbocycles. The minimum absolute atomic E-state index is 0.236. The molecule has 0 atom stereocenters. The van der Waals surface area contributed by atoms with Crippen molar-refractivity contribution in [2.24, 2.45) is 0 Å². The standard InChI is InChI=1S/C18H22N2O3S/c1-12-15(11-18(9-3-4-10-18)20(2)17(22)23)16(24-19-12)13-5-7-14(21)8-6-13/h5-8,21H,3-4,9-11H2,1-2H3,(H,22,23). The maximum absolute atomic E-state index is 11.6. The highest BCUT2D eigenvalue weighted by Gasteiger charge is 2.41. The van der Waals surface area contributed by atoms with Crippen molar-refractivity contribution < 1.29 is 15.0 Å². The van der Waals surface area contributed by atoms with E-state index >= 15 is 0 Å². The van der Waals surface area contributed by atoms with Gasteiger partial charge in [-0.1, -0.05) is 12.8 Å². The van der Waals surface area contributed by atoms with E-state index in [1.165, 1.54) is 16.4 Å². The van der Waals surface area contributed by atoms with Crippen molar-refractivity contribution in [1.82, 2.24) is 9.27 Å². The molecule has 2 aromatic rings. The number of benzene rings is 1. The molecule has 3 rings (SSSR count). The maximum atomic E-state index is 11.6. The molecule has 1 amide bonds. The van der Waals surface area contributed by atoms with E-state index in [-0.39, 0.29) is 11.3 Å². The Morgan fingerprint density at radius 2 is 1.92 bits per heavy atom. The molecule has 1 heterocycles. The smallest absolute Gasteiger partial charge is 0.407 e. The summed E-state index contributed by atoms with van der Waals surface area (Å²) < 4.78 is 4.51. The Kier molecular flexibility index (Phi) is 4.49. The molecule has 0 saturated heterocycles. The molecule has 128 valence electrons. The number of carboxylic acid groups (broad SMARTS) is 1. The molecule has 1 aromatic carbocycles. The summed E-state index contributed by atoms with van der Waals surface area (Å²) in [6.07, 6.45) is 3.71. The number of phenols is 1. The molecule has 6 heteroatoms. The lowest BCUT2D eigenvalue weighted by Crippen LogP contribution is -2.48. The van der Waals surface area contributed by atoms with Crippen LogP contribution in [0.1, 0.15) is 36.9 Å². The van der Waals surface area contributed by atoms with Crippen LogP contribution in [-0.2, 0) is 6.42 Å². The predicted octanol–water partition coefficient (Wildman–Crippen LogP) is 4.29. The van der Waals surface area contributed by atoms with Crippen LogP contribution in [0.4, 0.5) is 4.79 Å². The lowest BCUT2D eigenvalue weighted by atomic mass is 9.86. The summed E-state index contributed by atoms with van der Waals surface area (Å²) in [5.41, 5.74) is 2.76. The third-order valence-electron chi connectivity index (χ3n) is 5.15. The van der Waals surface area contributed by atoms with E-state index in [0.717, 1.165) is 47.4 Å². The maximum Gasteiger partial charge on any atom is 0.407 e. The Morgan fingerprint density at radius 1 is 1.29 bits per heavy atom. The number of likely N-dealkylation sites (N-methyl/N-ethyl adjacent to an activating group) is 1. The summed E-state index contributed by atoms with van der Waals surface area (Å²) in [5.74, 6) is 0.236. The second kappa shape index (κ2) is 6.43. The van der Waals surface area contributed by atoms with Gasteiger partial charge in [0.25, 0.3) is 0 Å². The molecule has 1 aliphatic carbocycles. The zero-order chi connectivity index (χ0) is 17.3. The first-order valence-corrected chi connectivity index (χ1v) is 8.92. The van der Waals surface area contributed by atoms with Crippen molar-refractivity contribution in [2.45, 2.75) is 44.6 Å². The van der Waals surface area contributed by atoms with E-state index in [2.05, 4.69) is 4.37 Å². The molecule has 0 radical (unpaired) electrons. The molecule has 0 aliphatic heterocycles. The van der Waals surface area contributed by atoms with Crippen molar-refractivity contribution in [3.05, 3.63) is 35.5 Å². The average Bonchev–Trinajstić information content (AvgIpc) is 3.17. The van der Waals surface area contributed by atoms with Gasteiger partial charge in [0.05, 0.1) is 16.1 Å². The molecule has 1 aliphatic rings. The van der Waals surface area contributed by atoms with Gasteiger partial charge in [-0.25, -0.2) is 4.79 Å². The van der Waals surface area contributed by atoms with Crippen molar-refractivity contribution in [3.63, 3.8) is 0 Å². The van der Waals surface area contributed by atoms with Gasteiger partial charge < -0.3 is 15.1 Å². The summed E-state index contributed by atoms with van der Waals surface area (Å²) in [5, 5.41) is 19.0. The molecule has 0 bridgehead atoms. The fourth-order valence-electron chi connectivity index (χ4n) is 3.63. The van der Waals surface area contributed by atoms with E-state index in [1.54, 1.807) is 19.2 Å². The first kappa shape index (κ1) is 16.8. The molecule has 5 nitrogen and oxygen atoms in total. The molecule has 0 unspecified atom stereocenters.